The fourth-order valence-electron chi connectivity index (χ4n) is 1.99. The number of fused-ring (bicyclic) bond motifs is 1. The SMILES string of the molecule is Cc1ccc(C)c2c(C)cc(C(N)=S)nc12. The molecule has 0 radical (unpaired) electrons. The van der Waals surface area contributed by atoms with E-state index in [4.69, 9.17) is 18.0 Å². The lowest BCUT2D eigenvalue weighted by Crippen LogP contribution is -2.12. The summed E-state index contributed by atoms with van der Waals surface area (Å²) in [4.78, 5) is 4.88. The van der Waals surface area contributed by atoms with Crippen LogP contribution in [-0.4, -0.2) is 9.97 Å². The summed E-state index contributed by atoms with van der Waals surface area (Å²) in [6.07, 6.45) is 0. The van der Waals surface area contributed by atoms with Gasteiger partial charge in [0.2, 0.25) is 0 Å². The average Bonchev–Trinajstić information content (AvgIpc) is 2.22. The van der Waals surface area contributed by atoms with Crippen molar-refractivity contribution in [3.8, 4) is 0 Å². The van der Waals surface area contributed by atoms with Crippen LogP contribution in [0.4, 0.5) is 0 Å². The molecule has 1 aromatic carbocycles. The summed E-state index contributed by atoms with van der Waals surface area (Å²) in [5.74, 6) is 0. The fraction of sp³-hybridized carbons (Fsp3) is 0.231. The summed E-state index contributed by atoms with van der Waals surface area (Å²) in [5, 5.41) is 1.21. The molecule has 0 bridgehead atoms. The molecule has 0 saturated carbocycles. The maximum absolute atomic E-state index is 5.63. The van der Waals surface area contributed by atoms with Crippen molar-refractivity contribution in [1.82, 2.24) is 4.98 Å². The van der Waals surface area contributed by atoms with E-state index in [1.165, 1.54) is 16.5 Å². The first-order valence-corrected chi connectivity index (χ1v) is 5.59. The Kier molecular flexibility index (Phi) is 2.64. The molecule has 2 nitrogen and oxygen atoms in total. The van der Waals surface area contributed by atoms with Crippen LogP contribution in [0.5, 0.6) is 0 Å². The molecule has 1 aromatic heterocycles. The van der Waals surface area contributed by atoms with Gasteiger partial charge < -0.3 is 5.73 Å². The summed E-state index contributed by atoms with van der Waals surface area (Å²) in [6, 6.07) is 6.15. The third-order valence-electron chi connectivity index (χ3n) is 2.82. The van der Waals surface area contributed by atoms with E-state index in [0.717, 1.165) is 11.1 Å². The van der Waals surface area contributed by atoms with Gasteiger partial charge in [-0.25, -0.2) is 4.98 Å². The molecule has 82 valence electrons. The molecule has 0 aliphatic rings. The Labute approximate surface area is 100 Å². The number of hydrogen-bond acceptors (Lipinski definition) is 2. The Hall–Kier alpha value is -1.48. The zero-order valence-corrected chi connectivity index (χ0v) is 10.5. The molecule has 1 heterocycles. The molecule has 0 atom stereocenters. The van der Waals surface area contributed by atoms with Gasteiger partial charge in [0.1, 0.15) is 4.99 Å². The lowest BCUT2D eigenvalue weighted by atomic mass is 10.0. The number of nitrogens with two attached hydrogens (primary N) is 1. The minimum absolute atomic E-state index is 0.353. The summed E-state index contributed by atoms with van der Waals surface area (Å²) in [6.45, 7) is 6.21. The fourth-order valence-corrected chi connectivity index (χ4v) is 2.10. The van der Waals surface area contributed by atoms with E-state index in [2.05, 4.69) is 37.9 Å². The maximum atomic E-state index is 5.63. The summed E-state index contributed by atoms with van der Waals surface area (Å²) in [7, 11) is 0. The molecule has 0 fully saturated rings. The van der Waals surface area contributed by atoms with Crippen LogP contribution in [0, 0.1) is 20.8 Å². The highest BCUT2D eigenvalue weighted by Gasteiger charge is 2.08. The monoisotopic (exact) mass is 230 g/mol. The molecule has 16 heavy (non-hydrogen) atoms. The van der Waals surface area contributed by atoms with Crippen molar-refractivity contribution in [2.75, 3.05) is 0 Å². The van der Waals surface area contributed by atoms with Crippen molar-refractivity contribution in [1.29, 1.82) is 0 Å². The van der Waals surface area contributed by atoms with Crippen molar-refractivity contribution in [2.24, 2.45) is 5.73 Å². The van der Waals surface area contributed by atoms with Gasteiger partial charge in [0.25, 0.3) is 0 Å². The summed E-state index contributed by atoms with van der Waals surface area (Å²) in [5.41, 5.74) is 10.9. The predicted molar refractivity (Wildman–Crippen MR) is 71.8 cm³/mol. The van der Waals surface area contributed by atoms with Gasteiger partial charge in [-0.05, 0) is 43.5 Å². The highest BCUT2D eigenvalue weighted by molar-refractivity contribution is 7.80. The van der Waals surface area contributed by atoms with Crippen LogP contribution in [0.2, 0.25) is 0 Å². The van der Waals surface area contributed by atoms with Crippen LogP contribution in [0.15, 0.2) is 18.2 Å². The van der Waals surface area contributed by atoms with Gasteiger partial charge in [-0.15, -0.1) is 0 Å². The second kappa shape index (κ2) is 3.83. The van der Waals surface area contributed by atoms with E-state index in [-0.39, 0.29) is 0 Å². The van der Waals surface area contributed by atoms with Crippen LogP contribution >= 0.6 is 12.2 Å². The molecule has 0 aliphatic heterocycles. The molecular formula is C13H14N2S. The number of pyridine rings is 1. The Morgan fingerprint density at radius 1 is 1.12 bits per heavy atom. The predicted octanol–water partition coefficient (Wildman–Crippen LogP) is 2.79. The molecular weight excluding hydrogens is 216 g/mol. The number of hydrogen-bond donors (Lipinski definition) is 1. The molecule has 0 spiro atoms. The van der Waals surface area contributed by atoms with E-state index >= 15 is 0 Å². The number of nitrogens with zero attached hydrogens (tertiary/aromatic N) is 1. The molecule has 2 aromatic rings. The van der Waals surface area contributed by atoms with Gasteiger partial charge in [-0.1, -0.05) is 24.4 Å². The third-order valence-corrected chi connectivity index (χ3v) is 3.03. The van der Waals surface area contributed by atoms with Crippen LogP contribution in [-0.2, 0) is 0 Å². The van der Waals surface area contributed by atoms with Crippen LogP contribution in [0.3, 0.4) is 0 Å². The summed E-state index contributed by atoms with van der Waals surface area (Å²) >= 11 is 4.98. The van der Waals surface area contributed by atoms with Crippen LogP contribution in [0.25, 0.3) is 10.9 Å². The lowest BCUT2D eigenvalue weighted by Gasteiger charge is -2.10. The number of aryl methyl sites for hydroxylation is 3. The minimum atomic E-state index is 0.353. The second-order valence-electron chi connectivity index (χ2n) is 4.11. The molecule has 3 heteroatoms. The zero-order valence-electron chi connectivity index (χ0n) is 9.66. The van der Waals surface area contributed by atoms with Gasteiger partial charge >= 0.3 is 0 Å². The molecule has 0 aliphatic carbocycles. The van der Waals surface area contributed by atoms with Gasteiger partial charge in [0.15, 0.2) is 0 Å². The number of benzene rings is 1. The quantitative estimate of drug-likeness (QED) is 0.766. The van der Waals surface area contributed by atoms with Crippen molar-refractivity contribution in [3.05, 3.63) is 40.6 Å². The smallest absolute Gasteiger partial charge is 0.122 e. The van der Waals surface area contributed by atoms with E-state index in [9.17, 15) is 0 Å². The van der Waals surface area contributed by atoms with Gasteiger partial charge in [0, 0.05) is 5.39 Å². The van der Waals surface area contributed by atoms with E-state index < -0.39 is 0 Å². The van der Waals surface area contributed by atoms with E-state index in [1.807, 2.05) is 6.07 Å². The second-order valence-corrected chi connectivity index (χ2v) is 4.55. The van der Waals surface area contributed by atoms with Crippen molar-refractivity contribution < 1.29 is 0 Å². The first-order chi connectivity index (χ1) is 7.50. The molecule has 2 rings (SSSR count). The molecule has 2 N–H and O–H groups in total. The third kappa shape index (κ3) is 1.67. The first-order valence-electron chi connectivity index (χ1n) is 5.18. The number of rotatable bonds is 1. The Balaban J connectivity index is 2.92. The first kappa shape index (κ1) is 11.0. The minimum Gasteiger partial charge on any atom is -0.388 e. The maximum Gasteiger partial charge on any atom is 0.122 e. The highest BCUT2D eigenvalue weighted by Crippen LogP contribution is 2.24. The highest BCUT2D eigenvalue weighted by atomic mass is 32.1. The topological polar surface area (TPSA) is 38.9 Å². The molecule has 0 amide bonds. The van der Waals surface area contributed by atoms with Crippen molar-refractivity contribution in [2.45, 2.75) is 20.8 Å². The number of aromatic nitrogens is 1. The summed E-state index contributed by atoms with van der Waals surface area (Å²) < 4.78 is 0. The number of thiocarbonyl (C=S) groups is 1. The largest absolute Gasteiger partial charge is 0.388 e. The van der Waals surface area contributed by atoms with E-state index in [0.29, 0.717) is 10.7 Å². The van der Waals surface area contributed by atoms with Gasteiger partial charge in [0.05, 0.1) is 11.2 Å². The average molecular weight is 230 g/mol. The van der Waals surface area contributed by atoms with Gasteiger partial charge in [-0.2, -0.15) is 0 Å². The Morgan fingerprint density at radius 3 is 2.38 bits per heavy atom. The van der Waals surface area contributed by atoms with E-state index in [1.54, 1.807) is 0 Å². The standard InChI is InChI=1S/C13H14N2S/c1-7-4-5-8(2)12-11(7)9(3)6-10(15-12)13(14)16/h4-6H,1-3H3,(H2,14,16). The molecule has 0 saturated heterocycles. The Morgan fingerprint density at radius 2 is 1.75 bits per heavy atom. The lowest BCUT2D eigenvalue weighted by molar-refractivity contribution is 1.29. The van der Waals surface area contributed by atoms with Gasteiger partial charge in [-0.3, -0.25) is 0 Å². The van der Waals surface area contributed by atoms with Crippen molar-refractivity contribution >= 4 is 28.1 Å². The van der Waals surface area contributed by atoms with Crippen LogP contribution < -0.4 is 5.73 Å². The Bertz CT molecular complexity index is 588. The van der Waals surface area contributed by atoms with Crippen molar-refractivity contribution in [3.63, 3.8) is 0 Å². The van der Waals surface area contributed by atoms with Crippen LogP contribution in [0.1, 0.15) is 22.4 Å². The normalized spacial score (nSPS) is 10.7. The zero-order chi connectivity index (χ0) is 11.9. The molecule has 0 unspecified atom stereocenters.